The van der Waals surface area contributed by atoms with Crippen LogP contribution in [0.5, 0.6) is 0 Å². The van der Waals surface area contributed by atoms with Crippen molar-refractivity contribution in [3.05, 3.63) is 0 Å². The van der Waals surface area contributed by atoms with Crippen molar-refractivity contribution in [3.8, 4) is 0 Å². The zero-order valence-corrected chi connectivity index (χ0v) is 10.2. The molecule has 0 saturated carbocycles. The van der Waals surface area contributed by atoms with E-state index in [1.165, 1.54) is 19.3 Å². The van der Waals surface area contributed by atoms with Crippen LogP contribution < -0.4 is 0 Å². The molecule has 0 aliphatic rings. The minimum atomic E-state index is 0.559. The van der Waals surface area contributed by atoms with Crippen LogP contribution in [0.1, 0.15) is 67.7 Å². The van der Waals surface area contributed by atoms with Crippen LogP contribution in [0.25, 0.3) is 0 Å². The summed E-state index contributed by atoms with van der Waals surface area (Å²) in [5.41, 5.74) is 0.559. The molecule has 0 N–H and O–H groups in total. The average Bonchev–Trinajstić information content (AvgIpc) is 2.10. The first-order valence-electron chi connectivity index (χ1n) is 5.58. The van der Waals surface area contributed by atoms with Gasteiger partial charge in [-0.25, -0.2) is 0 Å². The molecule has 0 spiro atoms. The molecular formula is C12H28. The molecule has 76 valence electrons. The topological polar surface area (TPSA) is 0 Å². The first kappa shape index (κ1) is 14.5. The molecule has 0 aliphatic heterocycles. The molecule has 0 nitrogen and oxygen atoms in total. The molecule has 0 amide bonds. The van der Waals surface area contributed by atoms with E-state index in [1.54, 1.807) is 0 Å². The first-order chi connectivity index (χ1) is 5.58. The summed E-state index contributed by atoms with van der Waals surface area (Å²) in [6.45, 7) is 15.6. The molecule has 0 bridgehead atoms. The molecule has 0 aromatic heterocycles. The van der Waals surface area contributed by atoms with E-state index in [0.29, 0.717) is 5.41 Å². The Morgan fingerprint density at radius 1 is 0.917 bits per heavy atom. The van der Waals surface area contributed by atoms with Gasteiger partial charge >= 0.3 is 0 Å². The van der Waals surface area contributed by atoms with Crippen LogP contribution in [0.4, 0.5) is 0 Å². The Labute approximate surface area is 79.8 Å². The molecule has 0 aliphatic carbocycles. The Kier molecular flexibility index (Phi) is 9.24. The monoisotopic (exact) mass is 172 g/mol. The van der Waals surface area contributed by atoms with E-state index < -0.39 is 0 Å². The van der Waals surface area contributed by atoms with Crippen molar-refractivity contribution in [2.75, 3.05) is 0 Å². The first-order valence-corrected chi connectivity index (χ1v) is 5.58. The van der Waals surface area contributed by atoms with Gasteiger partial charge in [0.15, 0.2) is 0 Å². The van der Waals surface area contributed by atoms with E-state index in [9.17, 15) is 0 Å². The molecule has 12 heavy (non-hydrogen) atoms. The van der Waals surface area contributed by atoms with Gasteiger partial charge in [0.05, 0.1) is 0 Å². The summed E-state index contributed by atoms with van der Waals surface area (Å²) in [6, 6.07) is 0. The second kappa shape index (κ2) is 7.64. The van der Waals surface area contributed by atoms with Gasteiger partial charge in [-0.05, 0) is 11.3 Å². The summed E-state index contributed by atoms with van der Waals surface area (Å²) in [5.74, 6) is 0.914. The zero-order valence-electron chi connectivity index (χ0n) is 10.2. The lowest BCUT2D eigenvalue weighted by molar-refractivity contribution is 0.191. The summed E-state index contributed by atoms with van der Waals surface area (Å²) in [6.07, 6.45) is 3.97. The fraction of sp³-hybridized carbons (Fsp3) is 1.00. The minimum Gasteiger partial charge on any atom is -0.0683 e. The van der Waals surface area contributed by atoms with Crippen molar-refractivity contribution in [1.29, 1.82) is 0 Å². The molecule has 0 fully saturated rings. The predicted molar refractivity (Wildman–Crippen MR) is 59.5 cm³/mol. The molecule has 0 saturated heterocycles. The molecule has 0 unspecified atom stereocenters. The zero-order chi connectivity index (χ0) is 10.2. The molecule has 0 heteroatoms. The smallest absolute Gasteiger partial charge is 0.0329 e. The normalized spacial score (nSPS) is 11.0. The van der Waals surface area contributed by atoms with Crippen LogP contribution in [0.3, 0.4) is 0 Å². The third-order valence-corrected chi connectivity index (χ3v) is 3.00. The molecular weight excluding hydrogens is 144 g/mol. The fourth-order valence-electron chi connectivity index (χ4n) is 1.68. The summed E-state index contributed by atoms with van der Waals surface area (Å²) >= 11 is 0. The lowest BCUT2D eigenvalue weighted by Crippen LogP contribution is -2.21. The van der Waals surface area contributed by atoms with Crippen LogP contribution in [-0.2, 0) is 0 Å². The number of hydrogen-bond donors (Lipinski definition) is 0. The molecule has 0 heterocycles. The van der Waals surface area contributed by atoms with E-state index in [1.807, 2.05) is 13.8 Å². The lowest BCUT2D eigenvalue weighted by Gasteiger charge is -2.31. The van der Waals surface area contributed by atoms with Gasteiger partial charge in [-0.15, -0.1) is 0 Å². The summed E-state index contributed by atoms with van der Waals surface area (Å²) in [5, 5.41) is 0. The summed E-state index contributed by atoms with van der Waals surface area (Å²) in [4.78, 5) is 0. The van der Waals surface area contributed by atoms with Crippen molar-refractivity contribution in [2.24, 2.45) is 11.3 Å². The van der Waals surface area contributed by atoms with E-state index in [0.717, 1.165) is 5.92 Å². The maximum absolute atomic E-state index is 2.38. The molecule has 0 radical (unpaired) electrons. The Bertz CT molecular complexity index is 78.0. The van der Waals surface area contributed by atoms with E-state index >= 15 is 0 Å². The van der Waals surface area contributed by atoms with Gasteiger partial charge in [-0.3, -0.25) is 0 Å². The molecule has 0 aromatic rings. The number of hydrogen-bond acceptors (Lipinski definition) is 0. The van der Waals surface area contributed by atoms with Gasteiger partial charge in [-0.1, -0.05) is 67.7 Å². The van der Waals surface area contributed by atoms with Gasteiger partial charge in [-0.2, -0.15) is 0 Å². The van der Waals surface area contributed by atoms with E-state index in [-0.39, 0.29) is 0 Å². The average molecular weight is 172 g/mol. The Balaban J connectivity index is 0. The maximum Gasteiger partial charge on any atom is -0.0329 e. The number of rotatable bonds is 4. The van der Waals surface area contributed by atoms with Gasteiger partial charge in [0.25, 0.3) is 0 Å². The van der Waals surface area contributed by atoms with Crippen molar-refractivity contribution < 1.29 is 0 Å². The van der Waals surface area contributed by atoms with E-state index in [4.69, 9.17) is 0 Å². The van der Waals surface area contributed by atoms with Gasteiger partial charge in [0.1, 0.15) is 0 Å². The molecule has 0 atom stereocenters. The second-order valence-corrected chi connectivity index (χ2v) is 3.86. The second-order valence-electron chi connectivity index (χ2n) is 3.86. The SMILES string of the molecule is CC.CCC(CC)C(C)(C)CC. The van der Waals surface area contributed by atoms with Crippen LogP contribution >= 0.6 is 0 Å². The van der Waals surface area contributed by atoms with Crippen LogP contribution in [-0.4, -0.2) is 0 Å². The predicted octanol–water partition coefficient (Wildman–Crippen LogP) is 4.89. The van der Waals surface area contributed by atoms with Gasteiger partial charge in [0, 0.05) is 0 Å². The van der Waals surface area contributed by atoms with Crippen molar-refractivity contribution in [2.45, 2.75) is 67.7 Å². The fourth-order valence-corrected chi connectivity index (χ4v) is 1.68. The van der Waals surface area contributed by atoms with Crippen molar-refractivity contribution >= 4 is 0 Å². The Morgan fingerprint density at radius 3 is 1.33 bits per heavy atom. The third kappa shape index (κ3) is 4.79. The van der Waals surface area contributed by atoms with E-state index in [2.05, 4.69) is 34.6 Å². The lowest BCUT2D eigenvalue weighted by atomic mass is 9.74. The molecule has 0 rings (SSSR count). The minimum absolute atomic E-state index is 0.559. The van der Waals surface area contributed by atoms with Gasteiger partial charge < -0.3 is 0 Å². The van der Waals surface area contributed by atoms with Crippen molar-refractivity contribution in [1.82, 2.24) is 0 Å². The largest absolute Gasteiger partial charge is 0.0683 e. The van der Waals surface area contributed by atoms with Gasteiger partial charge in [0.2, 0.25) is 0 Å². The Hall–Kier alpha value is 0. The van der Waals surface area contributed by atoms with Crippen LogP contribution in [0.15, 0.2) is 0 Å². The molecule has 0 aromatic carbocycles. The highest BCUT2D eigenvalue weighted by Gasteiger charge is 2.23. The summed E-state index contributed by atoms with van der Waals surface area (Å²) in [7, 11) is 0. The summed E-state index contributed by atoms with van der Waals surface area (Å²) < 4.78 is 0. The highest BCUT2D eigenvalue weighted by atomic mass is 14.3. The highest BCUT2D eigenvalue weighted by molar-refractivity contribution is 4.74. The Morgan fingerprint density at radius 2 is 1.25 bits per heavy atom. The van der Waals surface area contributed by atoms with Crippen LogP contribution in [0.2, 0.25) is 0 Å². The standard InChI is InChI=1S/C10H22.C2H6/c1-6-9(7-2)10(4,5)8-3;1-2/h9H,6-8H2,1-5H3;1-2H3. The van der Waals surface area contributed by atoms with Crippen molar-refractivity contribution in [3.63, 3.8) is 0 Å². The quantitative estimate of drug-likeness (QED) is 0.566. The third-order valence-electron chi connectivity index (χ3n) is 3.00. The van der Waals surface area contributed by atoms with Crippen LogP contribution in [0, 0.1) is 11.3 Å². The highest BCUT2D eigenvalue weighted by Crippen LogP contribution is 2.34. The maximum atomic E-state index is 2.38.